The van der Waals surface area contributed by atoms with Crippen LogP contribution in [0.4, 0.5) is 0 Å². The van der Waals surface area contributed by atoms with Crippen molar-refractivity contribution in [2.24, 2.45) is 0 Å². The van der Waals surface area contributed by atoms with Gasteiger partial charge in [-0.25, -0.2) is 8.42 Å². The van der Waals surface area contributed by atoms with Gasteiger partial charge in [-0.1, -0.05) is 18.0 Å². The first-order valence-electron chi connectivity index (χ1n) is 8.09. The molecule has 0 unspecified atom stereocenters. The number of rotatable bonds is 5. The molecule has 1 amide bonds. The molecule has 1 N–H and O–H groups in total. The van der Waals surface area contributed by atoms with Crippen LogP contribution >= 0.6 is 22.9 Å². The number of nitrogens with one attached hydrogen (secondary N) is 1. The number of thiophene rings is 1. The summed E-state index contributed by atoms with van der Waals surface area (Å²) in [5, 5.41) is 3.37. The van der Waals surface area contributed by atoms with E-state index < -0.39 is 10.0 Å². The number of benzene rings is 1. The molecule has 5 nitrogen and oxygen atoms in total. The lowest BCUT2D eigenvalue weighted by molar-refractivity contribution is 0.0951. The number of sulfonamides is 1. The molecule has 1 aromatic carbocycles. The molecule has 2 aromatic rings. The highest BCUT2D eigenvalue weighted by Crippen LogP contribution is 2.27. The molecule has 1 aromatic heterocycles. The molecule has 0 aliphatic carbocycles. The summed E-state index contributed by atoms with van der Waals surface area (Å²) in [4.78, 5) is 12.9. The monoisotopic (exact) mass is 398 g/mol. The van der Waals surface area contributed by atoms with Gasteiger partial charge in [-0.15, -0.1) is 11.3 Å². The molecule has 1 saturated heterocycles. The van der Waals surface area contributed by atoms with Crippen LogP contribution in [0.15, 0.2) is 40.6 Å². The first-order chi connectivity index (χ1) is 12.0. The van der Waals surface area contributed by atoms with Crippen LogP contribution in [0.25, 0.3) is 0 Å². The maximum atomic E-state index is 12.6. The summed E-state index contributed by atoms with van der Waals surface area (Å²) in [7, 11) is -3.41. The predicted octanol–water partition coefficient (Wildman–Crippen LogP) is 3.51. The minimum absolute atomic E-state index is 0.217. The van der Waals surface area contributed by atoms with Gasteiger partial charge in [0.2, 0.25) is 0 Å². The highest BCUT2D eigenvalue weighted by atomic mass is 35.5. The number of carbonyl (C=O) groups is 1. The maximum absolute atomic E-state index is 12.6. The van der Waals surface area contributed by atoms with Gasteiger partial charge in [0, 0.05) is 28.6 Å². The predicted molar refractivity (Wildman–Crippen MR) is 99.6 cm³/mol. The Morgan fingerprint density at radius 2 is 1.76 bits per heavy atom. The molecular weight excluding hydrogens is 380 g/mol. The first-order valence-corrected chi connectivity index (χ1v) is 10.7. The molecule has 2 heterocycles. The van der Waals surface area contributed by atoms with Gasteiger partial charge in [-0.05, 0) is 49.2 Å². The SMILES string of the molecule is O=C(NCc1ccc(S(=O)(=O)N2CCCCC2)s1)c1ccc(Cl)cc1. The van der Waals surface area contributed by atoms with Crippen LogP contribution in [0.2, 0.25) is 5.02 Å². The standard InChI is InChI=1S/C17H19ClN2O3S2/c18-14-6-4-13(5-7-14)17(21)19-12-15-8-9-16(24-15)25(22,23)20-10-2-1-3-11-20/h4-9H,1-3,10-12H2,(H,19,21). The molecular formula is C17H19ClN2O3S2. The molecule has 134 valence electrons. The van der Waals surface area contributed by atoms with Crippen LogP contribution in [-0.4, -0.2) is 31.7 Å². The third kappa shape index (κ3) is 4.41. The summed E-state index contributed by atoms with van der Waals surface area (Å²) in [5.41, 5.74) is 0.516. The van der Waals surface area contributed by atoms with Gasteiger partial charge < -0.3 is 5.32 Å². The number of amides is 1. The van der Waals surface area contributed by atoms with Crippen LogP contribution in [0, 0.1) is 0 Å². The second-order valence-corrected chi connectivity index (χ2v) is 9.64. The Kier molecular flexibility index (Phi) is 5.78. The minimum atomic E-state index is -3.41. The van der Waals surface area contributed by atoms with E-state index in [0.717, 1.165) is 24.1 Å². The number of piperidine rings is 1. The van der Waals surface area contributed by atoms with Crippen molar-refractivity contribution < 1.29 is 13.2 Å². The Bertz CT molecular complexity index is 841. The fraction of sp³-hybridized carbons (Fsp3) is 0.353. The van der Waals surface area contributed by atoms with Crippen molar-refractivity contribution >= 4 is 38.9 Å². The Hall–Kier alpha value is -1.41. The van der Waals surface area contributed by atoms with Crippen LogP contribution in [-0.2, 0) is 16.6 Å². The third-order valence-electron chi connectivity index (χ3n) is 4.08. The van der Waals surface area contributed by atoms with Crippen molar-refractivity contribution in [3.63, 3.8) is 0 Å². The Labute approximate surface area is 156 Å². The molecule has 0 bridgehead atoms. The molecule has 0 spiro atoms. The van der Waals surface area contributed by atoms with Gasteiger partial charge in [-0.3, -0.25) is 4.79 Å². The molecule has 0 saturated carbocycles. The van der Waals surface area contributed by atoms with Gasteiger partial charge in [0.15, 0.2) is 0 Å². The lowest BCUT2D eigenvalue weighted by Gasteiger charge is -2.25. The van der Waals surface area contributed by atoms with Crippen molar-refractivity contribution in [2.45, 2.75) is 30.0 Å². The summed E-state index contributed by atoms with van der Waals surface area (Å²) < 4.78 is 27.1. The number of carbonyl (C=O) groups excluding carboxylic acids is 1. The molecule has 0 radical (unpaired) electrons. The summed E-state index contributed by atoms with van der Waals surface area (Å²) in [6.45, 7) is 1.47. The first kappa shape index (κ1) is 18.4. The zero-order chi connectivity index (χ0) is 17.9. The Morgan fingerprint density at radius 3 is 2.44 bits per heavy atom. The van der Waals surface area contributed by atoms with Crippen molar-refractivity contribution in [3.8, 4) is 0 Å². The van der Waals surface area contributed by atoms with Crippen LogP contribution in [0.3, 0.4) is 0 Å². The largest absolute Gasteiger partial charge is 0.347 e. The summed E-state index contributed by atoms with van der Waals surface area (Å²) in [6, 6.07) is 9.99. The highest BCUT2D eigenvalue weighted by Gasteiger charge is 2.27. The van der Waals surface area contributed by atoms with Gasteiger partial charge in [0.25, 0.3) is 15.9 Å². The molecule has 25 heavy (non-hydrogen) atoms. The van der Waals surface area contributed by atoms with Crippen LogP contribution in [0.1, 0.15) is 34.5 Å². The smallest absolute Gasteiger partial charge is 0.252 e. The molecule has 1 fully saturated rings. The van der Waals surface area contributed by atoms with E-state index in [9.17, 15) is 13.2 Å². The molecule has 1 aliphatic rings. The highest BCUT2D eigenvalue weighted by molar-refractivity contribution is 7.91. The third-order valence-corrected chi connectivity index (χ3v) is 7.78. The average molecular weight is 399 g/mol. The topological polar surface area (TPSA) is 66.5 Å². The van der Waals surface area contributed by atoms with Gasteiger partial charge in [-0.2, -0.15) is 4.31 Å². The zero-order valence-electron chi connectivity index (χ0n) is 13.6. The minimum Gasteiger partial charge on any atom is -0.347 e. The normalized spacial score (nSPS) is 15.9. The zero-order valence-corrected chi connectivity index (χ0v) is 16.0. The van der Waals surface area contributed by atoms with Crippen LogP contribution < -0.4 is 5.32 Å². The van der Waals surface area contributed by atoms with Gasteiger partial charge in [0.05, 0.1) is 6.54 Å². The van der Waals surface area contributed by atoms with E-state index in [4.69, 9.17) is 11.6 Å². The van der Waals surface area contributed by atoms with E-state index in [-0.39, 0.29) is 5.91 Å². The van der Waals surface area contributed by atoms with Gasteiger partial charge >= 0.3 is 0 Å². The lowest BCUT2D eigenvalue weighted by atomic mass is 10.2. The van der Waals surface area contributed by atoms with Crippen molar-refractivity contribution in [1.82, 2.24) is 9.62 Å². The Balaban J connectivity index is 1.63. The van der Waals surface area contributed by atoms with E-state index in [1.165, 1.54) is 11.3 Å². The number of hydrogen-bond acceptors (Lipinski definition) is 4. The number of halogens is 1. The second kappa shape index (κ2) is 7.86. The quantitative estimate of drug-likeness (QED) is 0.838. The van der Waals surface area contributed by atoms with Crippen LogP contribution in [0.5, 0.6) is 0 Å². The molecule has 8 heteroatoms. The summed E-state index contributed by atoms with van der Waals surface area (Å²) >= 11 is 7.02. The molecule has 3 rings (SSSR count). The summed E-state index contributed by atoms with van der Waals surface area (Å²) in [6.07, 6.45) is 2.90. The van der Waals surface area contributed by atoms with E-state index in [2.05, 4.69) is 5.32 Å². The van der Waals surface area contributed by atoms with E-state index in [1.54, 1.807) is 40.7 Å². The number of hydrogen-bond donors (Lipinski definition) is 1. The molecule has 1 aliphatic heterocycles. The Morgan fingerprint density at radius 1 is 1.08 bits per heavy atom. The van der Waals surface area contributed by atoms with Crippen molar-refractivity contribution in [3.05, 3.63) is 51.9 Å². The number of nitrogens with zero attached hydrogens (tertiary/aromatic N) is 1. The lowest BCUT2D eigenvalue weighted by Crippen LogP contribution is -2.35. The fourth-order valence-electron chi connectivity index (χ4n) is 2.70. The van der Waals surface area contributed by atoms with Crippen molar-refractivity contribution in [2.75, 3.05) is 13.1 Å². The second-order valence-electron chi connectivity index (χ2n) is 5.88. The van der Waals surface area contributed by atoms with E-state index in [0.29, 0.717) is 34.4 Å². The molecule has 0 atom stereocenters. The fourth-order valence-corrected chi connectivity index (χ4v) is 5.79. The van der Waals surface area contributed by atoms with E-state index >= 15 is 0 Å². The maximum Gasteiger partial charge on any atom is 0.252 e. The van der Waals surface area contributed by atoms with Crippen molar-refractivity contribution in [1.29, 1.82) is 0 Å². The summed E-state index contributed by atoms with van der Waals surface area (Å²) in [5.74, 6) is -0.217. The van der Waals surface area contributed by atoms with Gasteiger partial charge in [0.1, 0.15) is 4.21 Å². The average Bonchev–Trinajstić information content (AvgIpc) is 3.11. The van der Waals surface area contributed by atoms with E-state index in [1.807, 2.05) is 0 Å².